The molecule has 2 aliphatic rings. The number of piperidine rings is 1. The van der Waals surface area contributed by atoms with Gasteiger partial charge in [-0.2, -0.15) is 5.26 Å². The smallest absolute Gasteiger partial charge is 0.166 e. The lowest BCUT2D eigenvalue weighted by Gasteiger charge is -2.33. The second-order valence-electron chi connectivity index (χ2n) is 7.64. The molecule has 1 aromatic heterocycles. The molecule has 6 heteroatoms. The maximum absolute atomic E-state index is 13.1. The summed E-state index contributed by atoms with van der Waals surface area (Å²) < 4.78 is 11.2. The Balaban J connectivity index is 1.34. The van der Waals surface area contributed by atoms with Gasteiger partial charge in [-0.25, -0.2) is 4.98 Å². The Morgan fingerprint density at radius 1 is 1.03 bits per heavy atom. The highest BCUT2D eigenvalue weighted by Gasteiger charge is 2.28. The van der Waals surface area contributed by atoms with E-state index in [0.717, 1.165) is 42.5 Å². The van der Waals surface area contributed by atoms with E-state index in [-0.39, 0.29) is 11.7 Å². The first-order valence-corrected chi connectivity index (χ1v) is 10.2. The third-order valence-electron chi connectivity index (χ3n) is 5.84. The third-order valence-corrected chi connectivity index (χ3v) is 5.84. The standard InChI is InChI=1S/C24H21N3O3/c25-15-18-14-21(19-3-1-2-4-20(19)26-18)27-9-7-16(8-10-27)24(28)17-5-6-22-23(13-17)30-12-11-29-22/h1-6,13-14,16H,7-12H2. The molecule has 3 heterocycles. The van der Waals surface area contributed by atoms with Gasteiger partial charge in [0.25, 0.3) is 0 Å². The number of hydrogen-bond acceptors (Lipinski definition) is 6. The number of pyridine rings is 1. The Labute approximate surface area is 174 Å². The number of ether oxygens (including phenoxy) is 2. The second kappa shape index (κ2) is 7.68. The van der Waals surface area contributed by atoms with E-state index < -0.39 is 0 Å². The normalized spacial score (nSPS) is 16.3. The fourth-order valence-corrected chi connectivity index (χ4v) is 4.29. The number of rotatable bonds is 3. The monoisotopic (exact) mass is 399 g/mol. The van der Waals surface area contributed by atoms with Gasteiger partial charge >= 0.3 is 0 Å². The van der Waals surface area contributed by atoms with Crippen LogP contribution in [0.4, 0.5) is 5.69 Å². The van der Waals surface area contributed by atoms with Crippen molar-refractivity contribution in [1.82, 2.24) is 4.98 Å². The quantitative estimate of drug-likeness (QED) is 0.620. The Kier molecular flexibility index (Phi) is 4.72. The number of anilines is 1. The number of fused-ring (bicyclic) bond motifs is 2. The average molecular weight is 399 g/mol. The molecule has 1 fully saturated rings. The molecule has 0 aliphatic carbocycles. The summed E-state index contributed by atoms with van der Waals surface area (Å²) in [5, 5.41) is 10.4. The van der Waals surface area contributed by atoms with Crippen LogP contribution in [0.15, 0.2) is 48.5 Å². The topological polar surface area (TPSA) is 75.5 Å². The van der Waals surface area contributed by atoms with Crippen molar-refractivity contribution in [3.63, 3.8) is 0 Å². The SMILES string of the molecule is N#Cc1cc(N2CCC(C(=O)c3ccc4c(c3)OCCO4)CC2)c2ccccc2n1. The molecule has 0 spiro atoms. The zero-order valence-corrected chi connectivity index (χ0v) is 16.5. The van der Waals surface area contributed by atoms with Crippen LogP contribution in [0, 0.1) is 17.2 Å². The fourth-order valence-electron chi connectivity index (χ4n) is 4.29. The number of benzene rings is 2. The number of hydrogen-bond donors (Lipinski definition) is 0. The van der Waals surface area contributed by atoms with Crippen LogP contribution in [-0.2, 0) is 0 Å². The lowest BCUT2D eigenvalue weighted by atomic mass is 9.88. The van der Waals surface area contributed by atoms with Gasteiger partial charge in [0, 0.05) is 35.6 Å². The molecule has 150 valence electrons. The van der Waals surface area contributed by atoms with Crippen molar-refractivity contribution in [1.29, 1.82) is 5.26 Å². The van der Waals surface area contributed by atoms with Crippen molar-refractivity contribution in [3.05, 3.63) is 59.8 Å². The lowest BCUT2D eigenvalue weighted by Crippen LogP contribution is -2.36. The third kappa shape index (κ3) is 3.33. The van der Waals surface area contributed by atoms with Crippen molar-refractivity contribution >= 4 is 22.4 Å². The fraction of sp³-hybridized carbons (Fsp3) is 0.292. The van der Waals surface area contributed by atoms with Crippen LogP contribution in [0.5, 0.6) is 11.5 Å². The minimum absolute atomic E-state index is 0.0210. The summed E-state index contributed by atoms with van der Waals surface area (Å²) in [5.41, 5.74) is 2.93. The molecule has 5 rings (SSSR count). The number of nitrogens with zero attached hydrogens (tertiary/aromatic N) is 3. The van der Waals surface area contributed by atoms with Crippen molar-refractivity contribution < 1.29 is 14.3 Å². The van der Waals surface area contributed by atoms with E-state index in [2.05, 4.69) is 16.0 Å². The minimum atomic E-state index is -0.0210. The van der Waals surface area contributed by atoms with E-state index in [4.69, 9.17) is 9.47 Å². The second-order valence-corrected chi connectivity index (χ2v) is 7.64. The average Bonchev–Trinajstić information content (AvgIpc) is 2.82. The molecule has 1 saturated heterocycles. The zero-order valence-electron chi connectivity index (χ0n) is 16.5. The lowest BCUT2D eigenvalue weighted by molar-refractivity contribution is 0.0899. The predicted octanol–water partition coefficient (Wildman–Crippen LogP) is 3.98. The van der Waals surface area contributed by atoms with Crippen LogP contribution in [-0.4, -0.2) is 37.1 Å². The molecule has 2 aromatic carbocycles. The van der Waals surface area contributed by atoms with Gasteiger partial charge in [-0.05, 0) is 43.2 Å². The summed E-state index contributed by atoms with van der Waals surface area (Å²) in [6, 6.07) is 17.3. The molecule has 0 unspecified atom stereocenters. The number of carbonyl (C=O) groups is 1. The number of Topliss-reactive ketones (excluding diaryl/α,β-unsaturated/α-hetero) is 1. The summed E-state index contributed by atoms with van der Waals surface area (Å²) in [7, 11) is 0. The van der Waals surface area contributed by atoms with Gasteiger partial charge < -0.3 is 14.4 Å². The Morgan fingerprint density at radius 2 is 1.80 bits per heavy atom. The van der Waals surface area contributed by atoms with E-state index in [1.807, 2.05) is 42.5 Å². The molecule has 0 bridgehead atoms. The highest BCUT2D eigenvalue weighted by Crippen LogP contribution is 2.34. The summed E-state index contributed by atoms with van der Waals surface area (Å²) in [4.78, 5) is 19.7. The first kappa shape index (κ1) is 18.4. The van der Waals surface area contributed by atoms with E-state index in [1.54, 1.807) is 6.07 Å². The van der Waals surface area contributed by atoms with Gasteiger partial charge in [0.15, 0.2) is 17.3 Å². The molecular weight excluding hydrogens is 378 g/mol. The molecule has 0 atom stereocenters. The first-order chi connectivity index (χ1) is 14.7. The van der Waals surface area contributed by atoms with Crippen LogP contribution in [0.25, 0.3) is 10.9 Å². The number of ketones is 1. The van der Waals surface area contributed by atoms with E-state index in [9.17, 15) is 10.1 Å². The van der Waals surface area contributed by atoms with Gasteiger partial charge in [-0.15, -0.1) is 0 Å². The van der Waals surface area contributed by atoms with Crippen molar-refractivity contribution in [3.8, 4) is 17.6 Å². The van der Waals surface area contributed by atoms with Crippen molar-refractivity contribution in [2.45, 2.75) is 12.8 Å². The molecule has 0 amide bonds. The highest BCUT2D eigenvalue weighted by atomic mass is 16.6. The van der Waals surface area contributed by atoms with E-state index in [0.29, 0.717) is 36.0 Å². The molecular formula is C24H21N3O3. The summed E-state index contributed by atoms with van der Waals surface area (Å²) in [5.74, 6) is 1.48. The minimum Gasteiger partial charge on any atom is -0.486 e. The predicted molar refractivity (Wildman–Crippen MR) is 113 cm³/mol. The van der Waals surface area contributed by atoms with E-state index in [1.165, 1.54) is 0 Å². The summed E-state index contributed by atoms with van der Waals surface area (Å²) in [6.07, 6.45) is 1.54. The Hall–Kier alpha value is -3.59. The maximum Gasteiger partial charge on any atom is 0.166 e. The zero-order chi connectivity index (χ0) is 20.5. The van der Waals surface area contributed by atoms with Gasteiger partial charge in [-0.3, -0.25) is 4.79 Å². The summed E-state index contributed by atoms with van der Waals surface area (Å²) >= 11 is 0. The Morgan fingerprint density at radius 3 is 2.60 bits per heavy atom. The van der Waals surface area contributed by atoms with Gasteiger partial charge in [0.05, 0.1) is 5.52 Å². The van der Waals surface area contributed by atoms with Crippen molar-refractivity contribution in [2.75, 3.05) is 31.2 Å². The molecule has 3 aromatic rings. The number of nitriles is 1. The largest absolute Gasteiger partial charge is 0.486 e. The molecule has 6 nitrogen and oxygen atoms in total. The van der Waals surface area contributed by atoms with Crippen molar-refractivity contribution in [2.24, 2.45) is 5.92 Å². The van der Waals surface area contributed by atoms with Crippen LogP contribution >= 0.6 is 0 Å². The maximum atomic E-state index is 13.1. The molecule has 0 N–H and O–H groups in total. The van der Waals surface area contributed by atoms with E-state index >= 15 is 0 Å². The van der Waals surface area contributed by atoms with Crippen LogP contribution in [0.2, 0.25) is 0 Å². The van der Waals surface area contributed by atoms with Crippen LogP contribution in [0.1, 0.15) is 28.9 Å². The van der Waals surface area contributed by atoms with Gasteiger partial charge in [0.1, 0.15) is 25.0 Å². The molecule has 30 heavy (non-hydrogen) atoms. The number of para-hydroxylation sites is 1. The molecule has 2 aliphatic heterocycles. The van der Waals surface area contributed by atoms with Crippen LogP contribution < -0.4 is 14.4 Å². The van der Waals surface area contributed by atoms with Gasteiger partial charge in [-0.1, -0.05) is 18.2 Å². The summed E-state index contributed by atoms with van der Waals surface area (Å²) in [6.45, 7) is 2.57. The Bertz CT molecular complexity index is 1160. The number of carbonyl (C=O) groups excluding carboxylic acids is 1. The highest BCUT2D eigenvalue weighted by molar-refractivity contribution is 5.99. The molecule has 0 saturated carbocycles. The molecule has 0 radical (unpaired) electrons. The first-order valence-electron chi connectivity index (χ1n) is 10.2. The number of aromatic nitrogens is 1. The van der Waals surface area contributed by atoms with Gasteiger partial charge in [0.2, 0.25) is 0 Å². The van der Waals surface area contributed by atoms with Crippen LogP contribution in [0.3, 0.4) is 0 Å².